The Balaban J connectivity index is 0.00000196. The standard InChI is InChI=1S/C18H22FN5O.ClH/c1-12-2-3-14(15(19)10-12)18(25)23-7-4-13(5-8-23)17-22-21-16-11-20-6-9-24(16)17;/h2-3,10,13,20H,4-9,11H2,1H3;1H. The highest BCUT2D eigenvalue weighted by atomic mass is 35.5. The van der Waals surface area contributed by atoms with Gasteiger partial charge in [0, 0.05) is 32.1 Å². The molecule has 26 heavy (non-hydrogen) atoms. The highest BCUT2D eigenvalue weighted by molar-refractivity contribution is 5.94. The van der Waals surface area contributed by atoms with Gasteiger partial charge in [0.2, 0.25) is 0 Å². The number of amides is 1. The number of halogens is 2. The van der Waals surface area contributed by atoms with E-state index in [2.05, 4.69) is 20.1 Å². The quantitative estimate of drug-likeness (QED) is 0.869. The summed E-state index contributed by atoms with van der Waals surface area (Å²) in [5.74, 6) is 1.67. The van der Waals surface area contributed by atoms with Crippen molar-refractivity contribution in [1.29, 1.82) is 0 Å². The van der Waals surface area contributed by atoms with Crippen LogP contribution in [-0.4, -0.2) is 45.2 Å². The van der Waals surface area contributed by atoms with Crippen LogP contribution in [0.5, 0.6) is 0 Å². The Morgan fingerprint density at radius 3 is 2.73 bits per heavy atom. The summed E-state index contributed by atoms with van der Waals surface area (Å²) in [7, 11) is 0. The van der Waals surface area contributed by atoms with Crippen molar-refractivity contribution in [3.63, 3.8) is 0 Å². The zero-order chi connectivity index (χ0) is 17.4. The van der Waals surface area contributed by atoms with E-state index in [9.17, 15) is 9.18 Å². The maximum absolute atomic E-state index is 14.1. The first-order chi connectivity index (χ1) is 12.1. The lowest BCUT2D eigenvalue weighted by Gasteiger charge is -2.32. The molecule has 4 rings (SSSR count). The third kappa shape index (κ3) is 3.46. The minimum absolute atomic E-state index is 0. The number of nitrogens with zero attached hydrogens (tertiary/aromatic N) is 4. The van der Waals surface area contributed by atoms with E-state index in [0.717, 1.165) is 49.7 Å². The van der Waals surface area contributed by atoms with E-state index in [1.165, 1.54) is 6.07 Å². The molecule has 0 spiro atoms. The summed E-state index contributed by atoms with van der Waals surface area (Å²) in [6.45, 7) is 5.65. The van der Waals surface area contributed by atoms with Gasteiger partial charge in [-0.1, -0.05) is 6.07 Å². The van der Waals surface area contributed by atoms with Crippen molar-refractivity contribution in [2.45, 2.75) is 38.8 Å². The number of nitrogens with one attached hydrogen (secondary N) is 1. The van der Waals surface area contributed by atoms with Crippen LogP contribution in [0.1, 0.15) is 46.3 Å². The van der Waals surface area contributed by atoms with E-state index < -0.39 is 5.82 Å². The fraction of sp³-hybridized carbons (Fsp3) is 0.500. The van der Waals surface area contributed by atoms with Crippen molar-refractivity contribution in [2.24, 2.45) is 0 Å². The highest BCUT2D eigenvalue weighted by Gasteiger charge is 2.29. The van der Waals surface area contributed by atoms with E-state index in [0.29, 0.717) is 19.0 Å². The molecule has 0 radical (unpaired) electrons. The lowest BCUT2D eigenvalue weighted by Crippen LogP contribution is -2.39. The van der Waals surface area contributed by atoms with Gasteiger partial charge in [0.15, 0.2) is 0 Å². The van der Waals surface area contributed by atoms with Crippen LogP contribution < -0.4 is 5.32 Å². The molecule has 6 nitrogen and oxygen atoms in total. The number of aryl methyl sites for hydroxylation is 1. The monoisotopic (exact) mass is 379 g/mol. The van der Waals surface area contributed by atoms with Gasteiger partial charge < -0.3 is 14.8 Å². The number of hydrogen-bond donors (Lipinski definition) is 1. The van der Waals surface area contributed by atoms with Crippen LogP contribution in [0, 0.1) is 12.7 Å². The Morgan fingerprint density at radius 1 is 1.23 bits per heavy atom. The highest BCUT2D eigenvalue weighted by Crippen LogP contribution is 2.28. The van der Waals surface area contributed by atoms with Gasteiger partial charge in [0.1, 0.15) is 17.5 Å². The lowest BCUT2D eigenvalue weighted by molar-refractivity contribution is 0.0705. The lowest BCUT2D eigenvalue weighted by atomic mass is 9.95. The molecule has 140 valence electrons. The maximum Gasteiger partial charge on any atom is 0.256 e. The Bertz CT molecular complexity index is 801. The third-order valence-corrected chi connectivity index (χ3v) is 5.15. The van der Waals surface area contributed by atoms with Crippen LogP contribution in [0.3, 0.4) is 0 Å². The van der Waals surface area contributed by atoms with E-state index >= 15 is 0 Å². The summed E-state index contributed by atoms with van der Waals surface area (Å²) in [6, 6.07) is 4.77. The van der Waals surface area contributed by atoms with Gasteiger partial charge >= 0.3 is 0 Å². The Hall–Kier alpha value is -1.99. The molecule has 8 heteroatoms. The Labute approximate surface area is 158 Å². The minimum atomic E-state index is -0.439. The van der Waals surface area contributed by atoms with Crippen LogP contribution >= 0.6 is 12.4 Å². The van der Waals surface area contributed by atoms with Crippen LogP contribution in [0.15, 0.2) is 18.2 Å². The molecule has 1 N–H and O–H groups in total. The smallest absolute Gasteiger partial charge is 0.256 e. The summed E-state index contributed by atoms with van der Waals surface area (Å²) < 4.78 is 16.3. The molecule has 0 aliphatic carbocycles. The first kappa shape index (κ1) is 18.8. The zero-order valence-electron chi connectivity index (χ0n) is 14.7. The molecule has 0 atom stereocenters. The van der Waals surface area contributed by atoms with Gasteiger partial charge in [-0.25, -0.2) is 4.39 Å². The van der Waals surface area contributed by atoms with Gasteiger partial charge in [0.25, 0.3) is 5.91 Å². The summed E-state index contributed by atoms with van der Waals surface area (Å²) >= 11 is 0. The largest absolute Gasteiger partial charge is 0.339 e. The van der Waals surface area contributed by atoms with Crippen LogP contribution in [0.4, 0.5) is 4.39 Å². The molecule has 2 aromatic rings. The second-order valence-electron chi connectivity index (χ2n) is 6.85. The summed E-state index contributed by atoms with van der Waals surface area (Å²) in [5, 5.41) is 12.0. The van der Waals surface area contributed by atoms with Crippen LogP contribution in [0.25, 0.3) is 0 Å². The number of carbonyl (C=O) groups excluding carboxylic acids is 1. The van der Waals surface area contributed by atoms with Crippen LogP contribution in [-0.2, 0) is 13.1 Å². The molecule has 1 fully saturated rings. The molecule has 0 unspecified atom stereocenters. The molecule has 2 aliphatic heterocycles. The summed E-state index contributed by atoms with van der Waals surface area (Å²) in [4.78, 5) is 14.4. The topological polar surface area (TPSA) is 63.1 Å². The average Bonchev–Trinajstić information content (AvgIpc) is 3.05. The predicted octanol–water partition coefficient (Wildman–Crippen LogP) is 2.27. The first-order valence-electron chi connectivity index (χ1n) is 8.81. The number of rotatable bonds is 2. The Morgan fingerprint density at radius 2 is 2.00 bits per heavy atom. The third-order valence-electron chi connectivity index (χ3n) is 5.15. The normalized spacial score (nSPS) is 17.5. The number of carbonyl (C=O) groups is 1. The molecule has 0 bridgehead atoms. The van der Waals surface area contributed by atoms with Gasteiger partial charge in [-0.15, -0.1) is 22.6 Å². The van der Waals surface area contributed by atoms with E-state index in [-0.39, 0.29) is 23.9 Å². The molecule has 1 saturated heterocycles. The van der Waals surface area contributed by atoms with Crippen molar-refractivity contribution < 1.29 is 9.18 Å². The van der Waals surface area contributed by atoms with Gasteiger partial charge in [-0.3, -0.25) is 4.79 Å². The number of hydrogen-bond acceptors (Lipinski definition) is 4. The van der Waals surface area contributed by atoms with Crippen molar-refractivity contribution in [3.05, 3.63) is 46.8 Å². The molecule has 1 aromatic carbocycles. The number of piperidine rings is 1. The second kappa shape index (κ2) is 7.72. The number of benzene rings is 1. The molecule has 1 aromatic heterocycles. The fourth-order valence-corrected chi connectivity index (χ4v) is 3.72. The predicted molar refractivity (Wildman–Crippen MR) is 98.0 cm³/mol. The summed E-state index contributed by atoms with van der Waals surface area (Å²) in [5.41, 5.74) is 0.980. The SMILES string of the molecule is Cc1ccc(C(=O)N2CCC(c3nnc4n3CCNC4)CC2)c(F)c1.Cl. The van der Waals surface area contributed by atoms with Gasteiger partial charge in [-0.05, 0) is 37.5 Å². The van der Waals surface area contributed by atoms with E-state index in [1.54, 1.807) is 17.0 Å². The van der Waals surface area contributed by atoms with E-state index in [1.807, 2.05) is 6.92 Å². The van der Waals surface area contributed by atoms with Crippen molar-refractivity contribution >= 4 is 18.3 Å². The van der Waals surface area contributed by atoms with Crippen LogP contribution in [0.2, 0.25) is 0 Å². The fourth-order valence-electron chi connectivity index (χ4n) is 3.72. The maximum atomic E-state index is 14.1. The molecule has 2 aliphatic rings. The zero-order valence-corrected chi connectivity index (χ0v) is 15.6. The molecule has 3 heterocycles. The number of aromatic nitrogens is 3. The number of fused-ring (bicyclic) bond motifs is 1. The van der Waals surface area contributed by atoms with E-state index in [4.69, 9.17) is 0 Å². The summed E-state index contributed by atoms with van der Waals surface area (Å²) in [6.07, 6.45) is 1.68. The van der Waals surface area contributed by atoms with Crippen molar-refractivity contribution in [3.8, 4) is 0 Å². The van der Waals surface area contributed by atoms with Gasteiger partial charge in [-0.2, -0.15) is 0 Å². The molecule has 0 saturated carbocycles. The minimum Gasteiger partial charge on any atom is -0.339 e. The molecule has 1 amide bonds. The number of likely N-dealkylation sites (tertiary alicyclic amines) is 1. The second-order valence-corrected chi connectivity index (χ2v) is 6.85. The molecular formula is C18H23ClFN5O. The van der Waals surface area contributed by atoms with Gasteiger partial charge in [0.05, 0.1) is 12.1 Å². The molecular weight excluding hydrogens is 357 g/mol. The van der Waals surface area contributed by atoms with Crippen molar-refractivity contribution in [1.82, 2.24) is 25.0 Å². The van der Waals surface area contributed by atoms with Crippen molar-refractivity contribution in [2.75, 3.05) is 19.6 Å². The Kier molecular flexibility index (Phi) is 5.58. The average molecular weight is 380 g/mol. The first-order valence-corrected chi connectivity index (χ1v) is 8.81.